The summed E-state index contributed by atoms with van der Waals surface area (Å²) in [6, 6.07) is 6.86. The van der Waals surface area contributed by atoms with E-state index in [1.54, 1.807) is 59.9 Å². The van der Waals surface area contributed by atoms with Crippen molar-refractivity contribution in [2.24, 2.45) is 0 Å². The number of benzene rings is 5. The number of carbonyl (C=O) groups is 1. The van der Waals surface area contributed by atoms with Crippen molar-refractivity contribution in [3.8, 4) is 0 Å². The zero-order valence-corrected chi connectivity index (χ0v) is 30.9. The standard InChI is InChI=1S/C24BF20.C13H13N2O2S/c26-5-1(6(27)14(35)21(42)13(5)34)25(2-7(28)15(36)22(43)16(37)8(2)29,3-9(30)17(38)23(44)18(39)10(3)31)4-11(32)19(40)24(45)20(41)12(4)33;1-18(17)12-4-2-11(3-5-12)13(16)10-15-8-6-14-7-9-15/h;2-9H,10H2,1H3/q-1;+1. The normalized spacial score (nSPS) is 12.0. The summed E-state index contributed by atoms with van der Waals surface area (Å²) in [7, 11) is -1.01. The third kappa shape index (κ3) is 7.77. The summed E-state index contributed by atoms with van der Waals surface area (Å²) in [5, 5.41) is 0. The minimum Gasteiger partial charge on any atom is -0.287 e. The Kier molecular flexibility index (Phi) is 13.5. The van der Waals surface area contributed by atoms with Gasteiger partial charge in [-0.25, -0.2) is 87.8 Å². The van der Waals surface area contributed by atoms with Gasteiger partial charge in [0, 0.05) is 27.5 Å². The molecule has 1 aromatic heterocycles. The highest BCUT2D eigenvalue weighted by Gasteiger charge is 2.52. The van der Waals surface area contributed by atoms with Gasteiger partial charge in [0.25, 0.3) is 0 Å². The Morgan fingerprint density at radius 1 is 0.444 bits per heavy atom. The molecule has 6 aromatic rings. The Labute approximate surface area is 339 Å². The van der Waals surface area contributed by atoms with Crippen molar-refractivity contribution in [2.75, 3.05) is 6.26 Å². The molecule has 1 unspecified atom stereocenters. The summed E-state index contributed by atoms with van der Waals surface area (Å²) < 4.78 is 307. The summed E-state index contributed by atoms with van der Waals surface area (Å²) in [5.41, 5.74) is -13.7. The van der Waals surface area contributed by atoms with Crippen molar-refractivity contribution < 1.29 is 101 Å². The first-order valence-corrected chi connectivity index (χ1v) is 17.9. The van der Waals surface area contributed by atoms with Crippen LogP contribution in [0.4, 0.5) is 87.8 Å². The quantitative estimate of drug-likeness (QED) is 0.0420. The summed E-state index contributed by atoms with van der Waals surface area (Å²) in [6.07, 6.45) is 1.16. The molecule has 0 spiro atoms. The lowest BCUT2D eigenvalue weighted by molar-refractivity contribution is -0.683. The largest absolute Gasteiger partial charge is 0.287 e. The van der Waals surface area contributed by atoms with Crippen LogP contribution in [0.25, 0.3) is 0 Å². The monoisotopic (exact) mass is 940 g/mol. The number of ketones is 1. The van der Waals surface area contributed by atoms with Crippen LogP contribution in [-0.2, 0) is 17.3 Å². The lowest BCUT2D eigenvalue weighted by Crippen LogP contribution is -2.81. The van der Waals surface area contributed by atoms with Gasteiger partial charge < -0.3 is 0 Å². The number of carbonyl (C=O) groups excluding carboxylic acids is 1. The predicted molar refractivity (Wildman–Crippen MR) is 177 cm³/mol. The number of Topliss-reactive ketones (excluding diaryl/α,β-unsaturated/α-hetero) is 1. The van der Waals surface area contributed by atoms with E-state index in [0.717, 1.165) is 4.90 Å². The molecule has 4 nitrogen and oxygen atoms in total. The van der Waals surface area contributed by atoms with Crippen molar-refractivity contribution >= 4 is 44.6 Å². The fourth-order valence-corrected chi connectivity index (χ4v) is 6.94. The van der Waals surface area contributed by atoms with Crippen LogP contribution in [0.1, 0.15) is 10.4 Å². The lowest BCUT2D eigenvalue weighted by Gasteiger charge is -2.44. The van der Waals surface area contributed by atoms with E-state index >= 15 is 35.1 Å². The summed E-state index contributed by atoms with van der Waals surface area (Å²) in [4.78, 5) is 16.6. The molecule has 6 rings (SSSR count). The number of nitrogens with zero attached hydrogens (tertiary/aromatic N) is 2. The maximum atomic E-state index is 15.4. The third-order valence-electron chi connectivity index (χ3n) is 9.23. The Balaban J connectivity index is 0.000000345. The van der Waals surface area contributed by atoms with Gasteiger partial charge in [-0.2, -0.15) is 4.57 Å². The first-order chi connectivity index (χ1) is 29.4. The summed E-state index contributed by atoms with van der Waals surface area (Å²) in [5.74, 6) is -71.4. The van der Waals surface area contributed by atoms with Crippen LogP contribution in [0, 0.1) is 116 Å². The molecule has 1 atom stereocenters. The van der Waals surface area contributed by atoms with Gasteiger partial charge in [0.1, 0.15) is 52.7 Å². The highest BCUT2D eigenvalue weighted by Crippen LogP contribution is 2.30. The van der Waals surface area contributed by atoms with Crippen molar-refractivity contribution in [1.82, 2.24) is 4.98 Å². The number of hydrogen-bond acceptors (Lipinski definition) is 3. The van der Waals surface area contributed by atoms with Gasteiger partial charge in [-0.05, 0) is 24.3 Å². The molecule has 0 radical (unpaired) electrons. The van der Waals surface area contributed by atoms with Crippen molar-refractivity contribution in [3.63, 3.8) is 0 Å². The number of halogens is 20. The maximum absolute atomic E-state index is 15.4. The van der Waals surface area contributed by atoms with Crippen LogP contribution in [0.3, 0.4) is 0 Å². The molecule has 0 saturated heterocycles. The molecular formula is C37H13BF20N2O2S. The molecule has 0 N–H and O–H groups in total. The molecule has 0 fully saturated rings. The molecule has 332 valence electrons. The Bertz CT molecular complexity index is 2490. The minimum absolute atomic E-state index is 0.0136. The van der Waals surface area contributed by atoms with Crippen LogP contribution in [0.5, 0.6) is 0 Å². The maximum Gasteiger partial charge on any atom is 0.227 e. The van der Waals surface area contributed by atoms with E-state index < -0.39 is 155 Å². The zero-order chi connectivity index (χ0) is 47.3. The van der Waals surface area contributed by atoms with Gasteiger partial charge in [0.05, 0.1) is 12.4 Å². The SMILES string of the molecule is CS(=O)c1ccc(C(=O)C[n+]2ccncc2)cc1.Fc1c(F)c(F)c([B-](c2c(F)c(F)c(F)c(F)c2F)(c2c(F)c(F)c(F)c(F)c2F)c2c(F)c(F)c(F)c(F)c2F)c(F)c1F. The second-order valence-corrected chi connectivity index (χ2v) is 14.0. The predicted octanol–water partition coefficient (Wildman–Crippen LogP) is 6.84. The fraction of sp³-hybridized carbons (Fsp3) is 0.0541. The van der Waals surface area contributed by atoms with E-state index in [9.17, 15) is 61.7 Å². The highest BCUT2D eigenvalue weighted by molar-refractivity contribution is 7.84. The molecular weight excluding hydrogens is 927 g/mol. The smallest absolute Gasteiger partial charge is 0.227 e. The van der Waals surface area contributed by atoms with Crippen LogP contribution in [0.15, 0.2) is 53.9 Å². The van der Waals surface area contributed by atoms with Crippen molar-refractivity contribution in [2.45, 2.75) is 11.4 Å². The summed E-state index contributed by atoms with van der Waals surface area (Å²) >= 11 is 0. The van der Waals surface area contributed by atoms with Gasteiger partial charge in [-0.15, -0.1) is 21.9 Å². The topological polar surface area (TPSA) is 50.9 Å². The van der Waals surface area contributed by atoms with E-state index in [1.165, 1.54) is 0 Å². The molecule has 63 heavy (non-hydrogen) atoms. The highest BCUT2D eigenvalue weighted by atomic mass is 32.2. The van der Waals surface area contributed by atoms with Gasteiger partial charge >= 0.3 is 0 Å². The van der Waals surface area contributed by atoms with Crippen molar-refractivity contribution in [3.05, 3.63) is 171 Å². The Morgan fingerprint density at radius 2 is 0.683 bits per heavy atom. The molecule has 1 heterocycles. The van der Waals surface area contributed by atoms with Gasteiger partial charge in [0.2, 0.25) is 12.3 Å². The number of aromatic nitrogens is 2. The molecule has 0 aliphatic rings. The fourth-order valence-electron chi connectivity index (χ4n) is 6.42. The zero-order valence-electron chi connectivity index (χ0n) is 30.1. The third-order valence-corrected chi connectivity index (χ3v) is 10.2. The average molecular weight is 940 g/mol. The molecule has 0 amide bonds. The molecule has 26 heteroatoms. The second kappa shape index (κ2) is 17.8. The molecule has 0 saturated carbocycles. The second-order valence-electron chi connectivity index (χ2n) is 12.6. The molecule has 0 aliphatic carbocycles. The van der Waals surface area contributed by atoms with Gasteiger partial charge in [0.15, 0.2) is 82.2 Å². The van der Waals surface area contributed by atoms with E-state index in [-0.39, 0.29) is 12.3 Å². The van der Waals surface area contributed by atoms with Crippen molar-refractivity contribution in [1.29, 1.82) is 0 Å². The average Bonchev–Trinajstić information content (AvgIpc) is 3.26. The van der Waals surface area contributed by atoms with E-state index in [1.807, 2.05) is 0 Å². The first kappa shape index (κ1) is 47.7. The summed E-state index contributed by atoms with van der Waals surface area (Å²) in [6.45, 7) is 0.275. The Morgan fingerprint density at radius 3 is 0.921 bits per heavy atom. The lowest BCUT2D eigenvalue weighted by atomic mass is 9.12. The van der Waals surface area contributed by atoms with Crippen LogP contribution >= 0.6 is 0 Å². The van der Waals surface area contributed by atoms with Crippen LogP contribution < -0.4 is 26.4 Å². The van der Waals surface area contributed by atoms with Crippen LogP contribution in [0.2, 0.25) is 0 Å². The van der Waals surface area contributed by atoms with Crippen LogP contribution in [-0.4, -0.2) is 27.4 Å². The van der Waals surface area contributed by atoms with E-state index in [2.05, 4.69) is 4.98 Å². The van der Waals surface area contributed by atoms with E-state index in [0.29, 0.717) is 5.56 Å². The number of hydrogen-bond donors (Lipinski definition) is 0. The van der Waals surface area contributed by atoms with E-state index in [4.69, 9.17) is 0 Å². The Hall–Kier alpha value is -6.34. The number of rotatable bonds is 8. The molecule has 5 aromatic carbocycles. The molecule has 0 aliphatic heterocycles. The van der Waals surface area contributed by atoms with Gasteiger partial charge in [-0.3, -0.25) is 14.0 Å². The minimum atomic E-state index is -7.22. The molecule has 0 bridgehead atoms. The van der Waals surface area contributed by atoms with Gasteiger partial charge in [-0.1, -0.05) is 0 Å². The first-order valence-electron chi connectivity index (χ1n) is 16.4.